The summed E-state index contributed by atoms with van der Waals surface area (Å²) >= 11 is 0. The molecule has 1 heterocycles. The van der Waals surface area contributed by atoms with Crippen LogP contribution in [-0.4, -0.2) is 31.0 Å². The van der Waals surface area contributed by atoms with Crippen molar-refractivity contribution in [1.82, 2.24) is 5.32 Å². The molecule has 1 saturated heterocycles. The standard InChI is InChI=1S/C13H19NO3/c1-9-12(5-6-17-9)14-8-10-3-4-11(16-2)7-13(10)15/h3-4,7,9,12,14-15H,5-6,8H2,1-2H3. The van der Waals surface area contributed by atoms with E-state index in [-0.39, 0.29) is 11.9 Å². The van der Waals surface area contributed by atoms with Crippen molar-refractivity contribution in [1.29, 1.82) is 0 Å². The van der Waals surface area contributed by atoms with Gasteiger partial charge in [-0.25, -0.2) is 0 Å². The van der Waals surface area contributed by atoms with Crippen LogP contribution in [0.2, 0.25) is 0 Å². The van der Waals surface area contributed by atoms with E-state index in [2.05, 4.69) is 12.2 Å². The van der Waals surface area contributed by atoms with E-state index in [1.807, 2.05) is 12.1 Å². The molecule has 0 aliphatic carbocycles. The first-order chi connectivity index (χ1) is 8.20. The minimum atomic E-state index is 0.246. The molecule has 4 heteroatoms. The first-order valence-electron chi connectivity index (χ1n) is 5.91. The molecule has 2 N–H and O–H groups in total. The Labute approximate surface area is 102 Å². The zero-order valence-corrected chi connectivity index (χ0v) is 10.3. The van der Waals surface area contributed by atoms with Gasteiger partial charge in [0.2, 0.25) is 0 Å². The van der Waals surface area contributed by atoms with E-state index in [0.717, 1.165) is 18.6 Å². The molecule has 2 rings (SSSR count). The molecule has 1 fully saturated rings. The molecule has 17 heavy (non-hydrogen) atoms. The molecule has 4 nitrogen and oxygen atoms in total. The highest BCUT2D eigenvalue weighted by atomic mass is 16.5. The predicted molar refractivity (Wildman–Crippen MR) is 65.3 cm³/mol. The lowest BCUT2D eigenvalue weighted by atomic mass is 10.1. The van der Waals surface area contributed by atoms with Crippen LogP contribution in [0.25, 0.3) is 0 Å². The Morgan fingerprint density at radius 1 is 1.53 bits per heavy atom. The highest BCUT2D eigenvalue weighted by Crippen LogP contribution is 2.23. The van der Waals surface area contributed by atoms with Gasteiger partial charge in [-0.15, -0.1) is 0 Å². The molecule has 0 saturated carbocycles. The number of benzene rings is 1. The summed E-state index contributed by atoms with van der Waals surface area (Å²) < 4.78 is 10.5. The molecule has 0 spiro atoms. The number of aromatic hydroxyl groups is 1. The van der Waals surface area contributed by atoms with E-state index in [1.54, 1.807) is 13.2 Å². The number of nitrogens with one attached hydrogen (secondary N) is 1. The molecule has 0 amide bonds. The van der Waals surface area contributed by atoms with Gasteiger partial charge in [0.25, 0.3) is 0 Å². The van der Waals surface area contributed by atoms with Crippen LogP contribution in [0.15, 0.2) is 18.2 Å². The highest BCUT2D eigenvalue weighted by Gasteiger charge is 2.23. The smallest absolute Gasteiger partial charge is 0.123 e. The third-order valence-corrected chi connectivity index (χ3v) is 3.22. The van der Waals surface area contributed by atoms with Gasteiger partial charge < -0.3 is 19.9 Å². The number of ether oxygens (including phenoxy) is 2. The van der Waals surface area contributed by atoms with E-state index < -0.39 is 0 Å². The van der Waals surface area contributed by atoms with Crippen LogP contribution in [-0.2, 0) is 11.3 Å². The molecule has 0 bridgehead atoms. The monoisotopic (exact) mass is 237 g/mol. The molecule has 2 unspecified atom stereocenters. The van der Waals surface area contributed by atoms with Crippen molar-refractivity contribution in [2.45, 2.75) is 32.0 Å². The van der Waals surface area contributed by atoms with E-state index in [0.29, 0.717) is 18.3 Å². The Bertz CT molecular complexity index is 381. The molecule has 1 aliphatic heterocycles. The van der Waals surface area contributed by atoms with Gasteiger partial charge >= 0.3 is 0 Å². The summed E-state index contributed by atoms with van der Waals surface area (Å²) in [6, 6.07) is 5.73. The Kier molecular flexibility index (Phi) is 3.86. The molecule has 0 radical (unpaired) electrons. The van der Waals surface area contributed by atoms with Crippen LogP contribution in [0, 0.1) is 0 Å². The molecular formula is C13H19NO3. The highest BCUT2D eigenvalue weighted by molar-refractivity contribution is 5.39. The third kappa shape index (κ3) is 2.90. The molecule has 1 aromatic carbocycles. The summed E-state index contributed by atoms with van der Waals surface area (Å²) in [4.78, 5) is 0. The number of phenolic OH excluding ortho intramolecular Hbond substituents is 1. The van der Waals surface area contributed by atoms with Crippen molar-refractivity contribution in [3.63, 3.8) is 0 Å². The first-order valence-corrected chi connectivity index (χ1v) is 5.91. The topological polar surface area (TPSA) is 50.7 Å². The lowest BCUT2D eigenvalue weighted by Crippen LogP contribution is -2.34. The number of methoxy groups -OCH3 is 1. The fraction of sp³-hybridized carbons (Fsp3) is 0.538. The van der Waals surface area contributed by atoms with Crippen LogP contribution in [0.1, 0.15) is 18.9 Å². The van der Waals surface area contributed by atoms with Gasteiger partial charge in [0.05, 0.1) is 13.2 Å². The van der Waals surface area contributed by atoms with Gasteiger partial charge in [-0.3, -0.25) is 0 Å². The van der Waals surface area contributed by atoms with Crippen LogP contribution >= 0.6 is 0 Å². The Morgan fingerprint density at radius 2 is 2.35 bits per heavy atom. The van der Waals surface area contributed by atoms with Gasteiger partial charge in [-0.05, 0) is 19.4 Å². The van der Waals surface area contributed by atoms with Crippen LogP contribution in [0.3, 0.4) is 0 Å². The van der Waals surface area contributed by atoms with E-state index in [4.69, 9.17) is 9.47 Å². The predicted octanol–water partition coefficient (Wildman–Crippen LogP) is 1.67. The van der Waals surface area contributed by atoms with Crippen molar-refractivity contribution in [2.24, 2.45) is 0 Å². The number of rotatable bonds is 4. The van der Waals surface area contributed by atoms with Crippen molar-refractivity contribution < 1.29 is 14.6 Å². The van der Waals surface area contributed by atoms with Gasteiger partial charge in [0, 0.05) is 30.8 Å². The fourth-order valence-corrected chi connectivity index (χ4v) is 2.06. The second-order valence-electron chi connectivity index (χ2n) is 4.35. The van der Waals surface area contributed by atoms with Crippen molar-refractivity contribution in [3.05, 3.63) is 23.8 Å². The van der Waals surface area contributed by atoms with Crippen LogP contribution in [0.5, 0.6) is 11.5 Å². The molecule has 1 aromatic rings. The second-order valence-corrected chi connectivity index (χ2v) is 4.35. The van der Waals surface area contributed by atoms with Crippen molar-refractivity contribution in [3.8, 4) is 11.5 Å². The Hall–Kier alpha value is -1.26. The van der Waals surface area contributed by atoms with Gasteiger partial charge in [-0.1, -0.05) is 6.07 Å². The summed E-state index contributed by atoms with van der Waals surface area (Å²) in [5.41, 5.74) is 0.880. The maximum absolute atomic E-state index is 9.81. The third-order valence-electron chi connectivity index (χ3n) is 3.22. The largest absolute Gasteiger partial charge is 0.507 e. The minimum Gasteiger partial charge on any atom is -0.507 e. The number of hydrogen-bond donors (Lipinski definition) is 2. The minimum absolute atomic E-state index is 0.246. The average molecular weight is 237 g/mol. The van der Waals surface area contributed by atoms with Crippen molar-refractivity contribution in [2.75, 3.05) is 13.7 Å². The van der Waals surface area contributed by atoms with Crippen LogP contribution < -0.4 is 10.1 Å². The summed E-state index contributed by atoms with van der Waals surface area (Å²) in [7, 11) is 1.59. The van der Waals surface area contributed by atoms with E-state index in [9.17, 15) is 5.11 Å². The fourth-order valence-electron chi connectivity index (χ4n) is 2.06. The van der Waals surface area contributed by atoms with Gasteiger partial charge in [0.1, 0.15) is 11.5 Å². The molecule has 2 atom stereocenters. The van der Waals surface area contributed by atoms with E-state index in [1.165, 1.54) is 0 Å². The lowest BCUT2D eigenvalue weighted by Gasteiger charge is -2.16. The molecular weight excluding hydrogens is 218 g/mol. The summed E-state index contributed by atoms with van der Waals surface area (Å²) in [5, 5.41) is 13.2. The average Bonchev–Trinajstić information content (AvgIpc) is 2.73. The molecule has 0 aromatic heterocycles. The van der Waals surface area contributed by atoms with E-state index >= 15 is 0 Å². The molecule has 1 aliphatic rings. The summed E-state index contributed by atoms with van der Waals surface area (Å²) in [6.45, 7) is 3.53. The van der Waals surface area contributed by atoms with Crippen LogP contribution in [0.4, 0.5) is 0 Å². The first kappa shape index (κ1) is 12.2. The molecule has 94 valence electrons. The summed E-state index contributed by atoms with van der Waals surface area (Å²) in [6.07, 6.45) is 1.27. The zero-order valence-electron chi connectivity index (χ0n) is 10.3. The summed E-state index contributed by atoms with van der Waals surface area (Å²) in [5.74, 6) is 0.937. The number of hydrogen-bond acceptors (Lipinski definition) is 4. The van der Waals surface area contributed by atoms with Gasteiger partial charge in [0.15, 0.2) is 0 Å². The maximum atomic E-state index is 9.81. The Morgan fingerprint density at radius 3 is 2.94 bits per heavy atom. The SMILES string of the molecule is COc1ccc(CNC2CCOC2C)c(O)c1. The normalized spacial score (nSPS) is 23.9. The number of phenols is 1. The van der Waals surface area contributed by atoms with Crippen molar-refractivity contribution >= 4 is 0 Å². The Balaban J connectivity index is 1.94. The second kappa shape index (κ2) is 5.38. The lowest BCUT2D eigenvalue weighted by molar-refractivity contribution is 0.113. The zero-order chi connectivity index (χ0) is 12.3. The quantitative estimate of drug-likeness (QED) is 0.836. The van der Waals surface area contributed by atoms with Gasteiger partial charge in [-0.2, -0.15) is 0 Å². The maximum Gasteiger partial charge on any atom is 0.123 e.